The first-order chi connectivity index (χ1) is 9.74. The van der Waals surface area contributed by atoms with Crippen LogP contribution >= 0.6 is 15.9 Å². The smallest absolute Gasteiger partial charge is 0.0279 e. The number of rotatable bonds is 6. The van der Waals surface area contributed by atoms with Gasteiger partial charge in [0.25, 0.3) is 0 Å². The Hall–Kier alpha value is -0.380. The van der Waals surface area contributed by atoms with Crippen molar-refractivity contribution in [2.75, 3.05) is 0 Å². The van der Waals surface area contributed by atoms with Crippen LogP contribution in [0.2, 0.25) is 0 Å². The number of hydrazine groups is 1. The fraction of sp³-hybridized carbons (Fsp3) is 0.647. The zero-order chi connectivity index (χ0) is 14.4. The van der Waals surface area contributed by atoms with Crippen LogP contribution in [0.15, 0.2) is 28.7 Å². The first-order valence-electron chi connectivity index (χ1n) is 7.94. The number of hydrogen-bond donors (Lipinski definition) is 2. The van der Waals surface area contributed by atoms with Crippen molar-refractivity contribution in [2.45, 2.75) is 57.9 Å². The molecule has 1 aliphatic rings. The van der Waals surface area contributed by atoms with E-state index in [2.05, 4.69) is 52.5 Å². The van der Waals surface area contributed by atoms with E-state index in [4.69, 9.17) is 5.84 Å². The molecule has 0 heterocycles. The fourth-order valence-corrected chi connectivity index (χ4v) is 4.00. The van der Waals surface area contributed by atoms with E-state index in [0.29, 0.717) is 6.04 Å². The minimum atomic E-state index is 0.399. The minimum Gasteiger partial charge on any atom is -0.271 e. The normalized spacial score (nSPS) is 24.6. The third-order valence-corrected chi connectivity index (χ3v) is 5.54. The fourth-order valence-electron chi connectivity index (χ4n) is 3.55. The predicted molar refractivity (Wildman–Crippen MR) is 89.3 cm³/mol. The van der Waals surface area contributed by atoms with Crippen LogP contribution in [0.3, 0.4) is 0 Å². The van der Waals surface area contributed by atoms with Crippen molar-refractivity contribution in [2.24, 2.45) is 17.7 Å². The Morgan fingerprint density at radius 1 is 1.25 bits per heavy atom. The van der Waals surface area contributed by atoms with E-state index in [1.165, 1.54) is 48.6 Å². The average molecular weight is 339 g/mol. The second kappa shape index (κ2) is 8.16. The van der Waals surface area contributed by atoms with Crippen LogP contribution in [0, 0.1) is 11.8 Å². The van der Waals surface area contributed by atoms with Crippen LogP contribution in [0.5, 0.6) is 0 Å². The monoisotopic (exact) mass is 338 g/mol. The summed E-state index contributed by atoms with van der Waals surface area (Å²) in [6, 6.07) is 8.87. The maximum Gasteiger partial charge on any atom is 0.0279 e. The Bertz CT molecular complexity index is 400. The summed E-state index contributed by atoms with van der Waals surface area (Å²) in [5.74, 6) is 7.51. The van der Waals surface area contributed by atoms with Crippen molar-refractivity contribution in [1.29, 1.82) is 0 Å². The summed E-state index contributed by atoms with van der Waals surface area (Å²) < 4.78 is 1.19. The number of nitrogens with two attached hydrogens (primary N) is 1. The van der Waals surface area contributed by atoms with Gasteiger partial charge in [-0.25, -0.2) is 0 Å². The van der Waals surface area contributed by atoms with Crippen molar-refractivity contribution in [3.63, 3.8) is 0 Å². The van der Waals surface area contributed by atoms with Gasteiger partial charge in [-0.1, -0.05) is 66.7 Å². The summed E-state index contributed by atoms with van der Waals surface area (Å²) in [6.45, 7) is 2.29. The SMILES string of the molecule is CCCC1CCC(C(Cc2ccccc2Br)NN)CC1. The maximum absolute atomic E-state index is 5.83. The van der Waals surface area contributed by atoms with Crippen LogP contribution in [0.4, 0.5) is 0 Å². The maximum atomic E-state index is 5.83. The van der Waals surface area contributed by atoms with Gasteiger partial charge in [0.1, 0.15) is 0 Å². The summed E-state index contributed by atoms with van der Waals surface area (Å²) in [5.41, 5.74) is 4.43. The van der Waals surface area contributed by atoms with E-state index in [0.717, 1.165) is 18.3 Å². The van der Waals surface area contributed by atoms with Crippen LogP contribution < -0.4 is 11.3 Å². The van der Waals surface area contributed by atoms with Gasteiger partial charge >= 0.3 is 0 Å². The number of nitrogens with one attached hydrogen (secondary N) is 1. The molecule has 1 saturated carbocycles. The highest BCUT2D eigenvalue weighted by atomic mass is 79.9. The van der Waals surface area contributed by atoms with E-state index in [1.807, 2.05) is 0 Å². The third kappa shape index (κ3) is 4.31. The lowest BCUT2D eigenvalue weighted by Crippen LogP contribution is -2.43. The molecule has 3 heteroatoms. The molecule has 0 bridgehead atoms. The first kappa shape index (κ1) is 16.0. The van der Waals surface area contributed by atoms with Crippen LogP contribution in [-0.2, 0) is 6.42 Å². The average Bonchev–Trinajstić information content (AvgIpc) is 2.48. The zero-order valence-electron chi connectivity index (χ0n) is 12.4. The summed E-state index contributed by atoms with van der Waals surface area (Å²) >= 11 is 3.64. The van der Waals surface area contributed by atoms with Gasteiger partial charge in [-0.2, -0.15) is 0 Å². The van der Waals surface area contributed by atoms with Gasteiger partial charge in [0.2, 0.25) is 0 Å². The molecule has 20 heavy (non-hydrogen) atoms. The molecule has 1 fully saturated rings. The topological polar surface area (TPSA) is 38.0 Å². The summed E-state index contributed by atoms with van der Waals surface area (Å²) in [5, 5.41) is 0. The van der Waals surface area contributed by atoms with E-state index >= 15 is 0 Å². The standard InChI is InChI=1S/C17H27BrN2/c1-2-5-13-8-10-14(11-9-13)17(20-19)12-15-6-3-4-7-16(15)18/h3-4,6-7,13-14,17,20H,2,5,8-12,19H2,1H3. The van der Waals surface area contributed by atoms with E-state index in [-0.39, 0.29) is 0 Å². The molecule has 0 radical (unpaired) electrons. The molecular formula is C17H27BrN2. The summed E-state index contributed by atoms with van der Waals surface area (Å²) in [6.07, 6.45) is 9.15. The quantitative estimate of drug-likeness (QED) is 0.594. The van der Waals surface area contributed by atoms with Gasteiger partial charge < -0.3 is 0 Å². The number of halogens is 1. The molecule has 1 unspecified atom stereocenters. The van der Waals surface area contributed by atoms with Crippen molar-refractivity contribution in [3.05, 3.63) is 34.3 Å². The minimum absolute atomic E-state index is 0.399. The molecule has 0 amide bonds. The molecule has 1 aromatic rings. The molecule has 112 valence electrons. The lowest BCUT2D eigenvalue weighted by atomic mass is 9.76. The second-order valence-corrected chi connectivity index (χ2v) is 6.99. The lowest BCUT2D eigenvalue weighted by Gasteiger charge is -2.33. The number of benzene rings is 1. The molecular weight excluding hydrogens is 312 g/mol. The van der Waals surface area contributed by atoms with Crippen molar-refractivity contribution in [1.82, 2.24) is 5.43 Å². The van der Waals surface area contributed by atoms with E-state index < -0.39 is 0 Å². The molecule has 1 aliphatic carbocycles. The summed E-state index contributed by atoms with van der Waals surface area (Å²) in [7, 11) is 0. The predicted octanol–water partition coefficient (Wildman–Crippen LogP) is 4.43. The Labute approximate surface area is 131 Å². The molecule has 3 N–H and O–H groups in total. The van der Waals surface area contributed by atoms with Crippen LogP contribution in [-0.4, -0.2) is 6.04 Å². The Balaban J connectivity index is 1.91. The molecule has 1 atom stereocenters. The zero-order valence-corrected chi connectivity index (χ0v) is 14.0. The molecule has 1 aromatic carbocycles. The highest BCUT2D eigenvalue weighted by molar-refractivity contribution is 9.10. The molecule has 2 nitrogen and oxygen atoms in total. The molecule has 0 aromatic heterocycles. The Morgan fingerprint density at radius 2 is 1.95 bits per heavy atom. The highest BCUT2D eigenvalue weighted by Gasteiger charge is 2.27. The van der Waals surface area contributed by atoms with Gasteiger partial charge in [-0.05, 0) is 42.7 Å². The van der Waals surface area contributed by atoms with Crippen molar-refractivity contribution >= 4 is 15.9 Å². The summed E-state index contributed by atoms with van der Waals surface area (Å²) in [4.78, 5) is 0. The number of hydrogen-bond acceptors (Lipinski definition) is 2. The van der Waals surface area contributed by atoms with E-state index in [1.54, 1.807) is 0 Å². The van der Waals surface area contributed by atoms with Crippen LogP contribution in [0.25, 0.3) is 0 Å². The van der Waals surface area contributed by atoms with Gasteiger partial charge in [0.15, 0.2) is 0 Å². The van der Waals surface area contributed by atoms with Gasteiger partial charge in [-0.15, -0.1) is 0 Å². The van der Waals surface area contributed by atoms with Gasteiger partial charge in [0, 0.05) is 10.5 Å². The largest absolute Gasteiger partial charge is 0.271 e. The molecule has 0 spiro atoms. The molecule has 0 aliphatic heterocycles. The third-order valence-electron chi connectivity index (χ3n) is 4.77. The molecule has 2 rings (SSSR count). The van der Waals surface area contributed by atoms with Crippen molar-refractivity contribution < 1.29 is 0 Å². The second-order valence-electron chi connectivity index (χ2n) is 6.14. The Morgan fingerprint density at radius 3 is 2.55 bits per heavy atom. The van der Waals surface area contributed by atoms with Crippen LogP contribution in [0.1, 0.15) is 51.0 Å². The van der Waals surface area contributed by atoms with Crippen molar-refractivity contribution in [3.8, 4) is 0 Å². The van der Waals surface area contributed by atoms with E-state index in [9.17, 15) is 0 Å². The lowest BCUT2D eigenvalue weighted by molar-refractivity contribution is 0.213. The Kier molecular flexibility index (Phi) is 6.53. The highest BCUT2D eigenvalue weighted by Crippen LogP contribution is 2.34. The van der Waals surface area contributed by atoms with Gasteiger partial charge in [0.05, 0.1) is 0 Å². The molecule has 0 saturated heterocycles. The first-order valence-corrected chi connectivity index (χ1v) is 8.73. The van der Waals surface area contributed by atoms with Gasteiger partial charge in [-0.3, -0.25) is 11.3 Å².